The van der Waals surface area contributed by atoms with Crippen molar-refractivity contribution in [1.29, 1.82) is 0 Å². The van der Waals surface area contributed by atoms with Gasteiger partial charge < -0.3 is 5.11 Å². The summed E-state index contributed by atoms with van der Waals surface area (Å²) in [4.78, 5) is 15.5. The summed E-state index contributed by atoms with van der Waals surface area (Å²) in [6.07, 6.45) is 4.38. The third-order valence-electron chi connectivity index (χ3n) is 2.55. The summed E-state index contributed by atoms with van der Waals surface area (Å²) in [6.45, 7) is 1.85. The van der Waals surface area contributed by atoms with Crippen molar-refractivity contribution in [2.24, 2.45) is 5.10 Å². The number of halogens is 1. The van der Waals surface area contributed by atoms with Crippen LogP contribution >= 0.6 is 11.6 Å². The summed E-state index contributed by atoms with van der Waals surface area (Å²) in [6, 6.07) is 6.50. The zero-order chi connectivity index (χ0) is 14.5. The molecule has 0 aliphatic rings. The van der Waals surface area contributed by atoms with Crippen LogP contribution in [0.3, 0.4) is 0 Å². The van der Waals surface area contributed by atoms with Crippen molar-refractivity contribution >= 4 is 23.7 Å². The number of nitrogens with one attached hydrogen (secondary N) is 1. The molecule has 2 N–H and O–H groups in total. The highest BCUT2D eigenvalue weighted by molar-refractivity contribution is 6.32. The van der Waals surface area contributed by atoms with Crippen molar-refractivity contribution in [2.45, 2.75) is 6.92 Å². The predicted octanol–water partition coefficient (Wildman–Crippen LogP) is 2.51. The van der Waals surface area contributed by atoms with E-state index in [9.17, 15) is 9.90 Å². The van der Waals surface area contributed by atoms with Gasteiger partial charge in [0.05, 0.1) is 11.2 Å². The maximum Gasteiger partial charge on any atom is 0.271 e. The summed E-state index contributed by atoms with van der Waals surface area (Å²) < 4.78 is 0. The Kier molecular flexibility index (Phi) is 4.32. The van der Waals surface area contributed by atoms with Gasteiger partial charge in [-0.3, -0.25) is 9.78 Å². The molecule has 0 fully saturated rings. The molecule has 0 saturated heterocycles. The molecule has 1 aromatic heterocycles. The third kappa shape index (κ3) is 3.33. The van der Waals surface area contributed by atoms with Crippen LogP contribution in [0.4, 0.5) is 0 Å². The molecule has 20 heavy (non-hydrogen) atoms. The van der Waals surface area contributed by atoms with E-state index >= 15 is 0 Å². The van der Waals surface area contributed by atoms with Gasteiger partial charge in [0.2, 0.25) is 0 Å². The standard InChI is InChI=1S/C14H12ClN3O2/c1-9-6-11(13(19)12(15)7-9)8-17-18-14(20)10-2-4-16-5-3-10/h2-8,19H,1H3,(H,18,20)/b17-8-. The highest BCUT2D eigenvalue weighted by Gasteiger charge is 2.06. The number of hydrazone groups is 1. The number of pyridine rings is 1. The summed E-state index contributed by atoms with van der Waals surface area (Å²) in [7, 11) is 0. The number of nitrogens with zero attached hydrogens (tertiary/aromatic N) is 2. The van der Waals surface area contributed by atoms with Crippen molar-refractivity contribution in [3.63, 3.8) is 0 Å². The van der Waals surface area contributed by atoms with Gasteiger partial charge in [0.1, 0.15) is 5.75 Å². The molecule has 0 atom stereocenters. The van der Waals surface area contributed by atoms with Gasteiger partial charge in [-0.25, -0.2) is 5.43 Å². The molecule has 0 aliphatic heterocycles. The number of benzene rings is 1. The number of carbonyl (C=O) groups excluding carboxylic acids is 1. The maximum atomic E-state index is 11.7. The van der Waals surface area contributed by atoms with Gasteiger partial charge in [-0.05, 0) is 36.8 Å². The van der Waals surface area contributed by atoms with Gasteiger partial charge in [-0.15, -0.1) is 0 Å². The van der Waals surface area contributed by atoms with E-state index in [-0.39, 0.29) is 16.7 Å². The van der Waals surface area contributed by atoms with Gasteiger partial charge in [0.15, 0.2) is 0 Å². The number of aromatic nitrogens is 1. The third-order valence-corrected chi connectivity index (χ3v) is 2.84. The topological polar surface area (TPSA) is 74.6 Å². The minimum absolute atomic E-state index is 0.0702. The lowest BCUT2D eigenvalue weighted by Gasteiger charge is -2.03. The molecule has 2 rings (SSSR count). The average molecular weight is 290 g/mol. The Morgan fingerprint density at radius 1 is 1.40 bits per heavy atom. The number of carbonyl (C=O) groups is 1. The second kappa shape index (κ2) is 6.16. The molecule has 102 valence electrons. The van der Waals surface area contributed by atoms with Crippen LogP contribution in [0.5, 0.6) is 5.75 Å². The highest BCUT2D eigenvalue weighted by Crippen LogP contribution is 2.27. The zero-order valence-electron chi connectivity index (χ0n) is 10.7. The van der Waals surface area contributed by atoms with Gasteiger partial charge in [0.25, 0.3) is 5.91 Å². The van der Waals surface area contributed by atoms with E-state index < -0.39 is 0 Å². The largest absolute Gasteiger partial charge is 0.506 e. The average Bonchev–Trinajstić information content (AvgIpc) is 2.44. The fraction of sp³-hybridized carbons (Fsp3) is 0.0714. The van der Waals surface area contributed by atoms with Crippen molar-refractivity contribution in [3.8, 4) is 5.75 Å². The number of hydrogen-bond acceptors (Lipinski definition) is 4. The second-order valence-electron chi connectivity index (χ2n) is 4.12. The monoisotopic (exact) mass is 289 g/mol. The van der Waals surface area contributed by atoms with E-state index in [2.05, 4.69) is 15.5 Å². The Morgan fingerprint density at radius 2 is 2.10 bits per heavy atom. The van der Waals surface area contributed by atoms with E-state index in [0.29, 0.717) is 11.1 Å². The van der Waals surface area contributed by atoms with Crippen LogP contribution in [-0.4, -0.2) is 22.2 Å². The lowest BCUT2D eigenvalue weighted by Crippen LogP contribution is -2.17. The maximum absolute atomic E-state index is 11.7. The normalized spacial score (nSPS) is 10.7. The molecule has 2 aromatic rings. The Bertz CT molecular complexity index is 657. The van der Waals surface area contributed by atoms with Crippen LogP contribution in [0, 0.1) is 6.92 Å². The molecular weight excluding hydrogens is 278 g/mol. The number of phenols is 1. The fourth-order valence-electron chi connectivity index (χ4n) is 1.59. The molecule has 0 unspecified atom stereocenters. The summed E-state index contributed by atoms with van der Waals surface area (Å²) in [5.74, 6) is -0.430. The molecule has 1 heterocycles. The fourth-order valence-corrected chi connectivity index (χ4v) is 1.87. The van der Waals surface area contributed by atoms with E-state index in [0.717, 1.165) is 5.56 Å². The molecule has 0 spiro atoms. The summed E-state index contributed by atoms with van der Waals surface area (Å²) in [5.41, 5.74) is 4.13. The quantitative estimate of drug-likeness (QED) is 0.673. The Morgan fingerprint density at radius 3 is 2.80 bits per heavy atom. The van der Waals surface area contributed by atoms with Gasteiger partial charge >= 0.3 is 0 Å². The molecule has 5 nitrogen and oxygen atoms in total. The predicted molar refractivity (Wildman–Crippen MR) is 77.2 cm³/mol. The first-order valence-electron chi connectivity index (χ1n) is 5.80. The van der Waals surface area contributed by atoms with Crippen molar-refractivity contribution in [2.75, 3.05) is 0 Å². The molecule has 1 amide bonds. The SMILES string of the molecule is Cc1cc(Cl)c(O)c(/C=N\NC(=O)c2ccncc2)c1. The minimum Gasteiger partial charge on any atom is -0.506 e. The van der Waals surface area contributed by atoms with E-state index in [1.807, 2.05) is 6.92 Å². The number of amides is 1. The second-order valence-corrected chi connectivity index (χ2v) is 4.53. The molecule has 0 radical (unpaired) electrons. The van der Waals surface area contributed by atoms with E-state index in [4.69, 9.17) is 11.6 Å². The van der Waals surface area contributed by atoms with Crippen LogP contribution in [0.2, 0.25) is 5.02 Å². The summed E-state index contributed by atoms with van der Waals surface area (Å²) >= 11 is 5.85. The van der Waals surface area contributed by atoms with Crippen LogP contribution in [0.25, 0.3) is 0 Å². The first-order valence-corrected chi connectivity index (χ1v) is 6.18. The Balaban J connectivity index is 2.10. The minimum atomic E-state index is -0.359. The molecule has 1 aromatic carbocycles. The summed E-state index contributed by atoms with van der Waals surface area (Å²) in [5, 5.41) is 13.8. The molecule has 0 aliphatic carbocycles. The van der Waals surface area contributed by atoms with Crippen molar-refractivity contribution in [3.05, 3.63) is 58.4 Å². The highest BCUT2D eigenvalue weighted by atomic mass is 35.5. The smallest absolute Gasteiger partial charge is 0.271 e. The van der Waals surface area contributed by atoms with Gasteiger partial charge in [-0.2, -0.15) is 5.10 Å². The zero-order valence-corrected chi connectivity index (χ0v) is 11.4. The Labute approximate surface area is 120 Å². The first-order chi connectivity index (χ1) is 9.58. The number of aryl methyl sites for hydroxylation is 1. The molecule has 0 saturated carbocycles. The van der Waals surface area contributed by atoms with Gasteiger partial charge in [-0.1, -0.05) is 11.6 Å². The number of hydrogen-bond donors (Lipinski definition) is 2. The molecule has 6 heteroatoms. The van der Waals surface area contributed by atoms with Crippen LogP contribution in [0.15, 0.2) is 41.8 Å². The first kappa shape index (κ1) is 14.0. The lowest BCUT2D eigenvalue weighted by molar-refractivity contribution is 0.0955. The van der Waals surface area contributed by atoms with Crippen molar-refractivity contribution in [1.82, 2.24) is 10.4 Å². The van der Waals surface area contributed by atoms with Crippen LogP contribution in [-0.2, 0) is 0 Å². The van der Waals surface area contributed by atoms with E-state index in [1.54, 1.807) is 24.3 Å². The van der Waals surface area contributed by atoms with Gasteiger partial charge in [0, 0.05) is 23.5 Å². The number of aromatic hydroxyl groups is 1. The molecule has 0 bridgehead atoms. The molecular formula is C14H12ClN3O2. The number of rotatable bonds is 3. The lowest BCUT2D eigenvalue weighted by atomic mass is 10.1. The van der Waals surface area contributed by atoms with E-state index in [1.165, 1.54) is 18.6 Å². The number of phenolic OH excluding ortho intramolecular Hbond substituents is 1. The van der Waals surface area contributed by atoms with Crippen LogP contribution < -0.4 is 5.43 Å². The van der Waals surface area contributed by atoms with Crippen molar-refractivity contribution < 1.29 is 9.90 Å². The Hall–Kier alpha value is -2.40. The van der Waals surface area contributed by atoms with Crippen LogP contribution in [0.1, 0.15) is 21.5 Å².